The van der Waals surface area contributed by atoms with E-state index in [1.54, 1.807) is 6.08 Å². The van der Waals surface area contributed by atoms with Crippen LogP contribution in [-0.2, 0) is 19.2 Å². The first kappa shape index (κ1) is 30.6. The number of allylic oxidation sites excluding steroid dienone is 2. The molecule has 7 rings (SSSR count). The fraction of sp³-hybridized carbons (Fsp3) is 0.235. The quantitative estimate of drug-likeness (QED) is 0.199. The second-order valence-corrected chi connectivity index (χ2v) is 12.3. The maximum atomic E-state index is 14.8. The summed E-state index contributed by atoms with van der Waals surface area (Å²) in [4.78, 5) is 80.5. The zero-order chi connectivity index (χ0) is 34.3. The van der Waals surface area contributed by atoms with Gasteiger partial charge in [-0.1, -0.05) is 17.7 Å². The Morgan fingerprint density at radius 3 is 1.71 bits per heavy atom. The summed E-state index contributed by atoms with van der Waals surface area (Å²) in [6, 6.07) is 10.1. The number of carboxylic acid groups (broad SMARTS) is 2. The van der Waals surface area contributed by atoms with E-state index in [1.807, 2.05) is 0 Å². The Balaban J connectivity index is 1.31. The summed E-state index contributed by atoms with van der Waals surface area (Å²) in [5, 5.41) is 49.1. The first-order valence-corrected chi connectivity index (χ1v) is 14.9. The van der Waals surface area contributed by atoms with Crippen molar-refractivity contribution >= 4 is 46.9 Å². The monoisotopic (exact) mass is 656 g/mol. The highest BCUT2D eigenvalue weighted by Crippen LogP contribution is 2.58. The van der Waals surface area contributed by atoms with Gasteiger partial charge in [0.25, 0.3) is 0 Å². The third-order valence-corrected chi connectivity index (χ3v) is 9.92. The van der Waals surface area contributed by atoms with Gasteiger partial charge in [-0.25, -0.2) is 23.8 Å². The highest BCUT2D eigenvalue weighted by molar-refractivity contribution is 6.24. The Morgan fingerprint density at radius 1 is 0.646 bits per heavy atom. The van der Waals surface area contributed by atoms with E-state index < -0.39 is 105 Å². The lowest BCUT2D eigenvalue weighted by Crippen LogP contribution is -2.43. The number of rotatable bonds is 5. The number of hydrogen-bond donors (Lipinski definition) is 5. The average molecular weight is 657 g/mol. The predicted molar refractivity (Wildman–Crippen MR) is 161 cm³/mol. The van der Waals surface area contributed by atoms with Gasteiger partial charge in [-0.3, -0.25) is 19.2 Å². The summed E-state index contributed by atoms with van der Waals surface area (Å²) < 4.78 is 14.8. The molecule has 3 aromatic rings. The summed E-state index contributed by atoms with van der Waals surface area (Å²) in [6.45, 7) is 0. The maximum Gasteiger partial charge on any atom is 0.339 e. The number of anilines is 2. The van der Waals surface area contributed by atoms with E-state index in [0.717, 1.165) is 46.2 Å². The van der Waals surface area contributed by atoms with Crippen molar-refractivity contribution in [1.82, 2.24) is 0 Å². The number of hydrogen-bond acceptors (Lipinski definition) is 9. The first-order valence-electron chi connectivity index (χ1n) is 14.9. The molecule has 14 heteroatoms. The van der Waals surface area contributed by atoms with Gasteiger partial charge in [0.2, 0.25) is 23.6 Å². The Morgan fingerprint density at radius 2 is 1.19 bits per heavy atom. The van der Waals surface area contributed by atoms with Crippen LogP contribution >= 0.6 is 0 Å². The van der Waals surface area contributed by atoms with E-state index >= 15 is 0 Å². The van der Waals surface area contributed by atoms with Crippen molar-refractivity contribution < 1.29 is 58.7 Å². The largest absolute Gasteiger partial charge is 0.507 e. The van der Waals surface area contributed by atoms with Crippen LogP contribution in [0.5, 0.6) is 17.2 Å². The van der Waals surface area contributed by atoms with Crippen LogP contribution in [0.3, 0.4) is 0 Å². The average Bonchev–Trinajstić information content (AvgIpc) is 3.44. The number of benzene rings is 3. The van der Waals surface area contributed by atoms with Gasteiger partial charge in [0, 0.05) is 18.1 Å². The summed E-state index contributed by atoms with van der Waals surface area (Å²) in [5.74, 6) is -14.2. The van der Waals surface area contributed by atoms with Crippen molar-refractivity contribution in [3.63, 3.8) is 0 Å². The summed E-state index contributed by atoms with van der Waals surface area (Å²) in [6.07, 6.45) is 1.72. The second kappa shape index (κ2) is 10.8. The van der Waals surface area contributed by atoms with Gasteiger partial charge in [0.1, 0.15) is 22.6 Å². The Kier molecular flexibility index (Phi) is 6.86. The highest BCUT2D eigenvalue weighted by atomic mass is 19.1. The molecule has 0 aromatic heterocycles. The number of aromatic carboxylic acids is 2. The maximum absolute atomic E-state index is 14.8. The number of carbonyl (C=O) groups is 6. The molecule has 2 aliphatic heterocycles. The molecule has 0 radical (unpaired) electrons. The van der Waals surface area contributed by atoms with Crippen molar-refractivity contribution in [3.05, 3.63) is 88.8 Å². The normalized spacial score (nSPS) is 26.2. The van der Waals surface area contributed by atoms with Crippen LogP contribution in [0, 0.1) is 35.4 Å². The lowest BCUT2D eigenvalue weighted by molar-refractivity contribution is -0.126. The molecule has 2 heterocycles. The topological polar surface area (TPSA) is 210 Å². The molecule has 1 saturated carbocycles. The number of imide groups is 2. The molecule has 2 aliphatic carbocycles. The molecule has 4 amide bonds. The molecule has 244 valence electrons. The van der Waals surface area contributed by atoms with Gasteiger partial charge in [0.05, 0.1) is 35.0 Å². The molecular weight excluding hydrogens is 631 g/mol. The summed E-state index contributed by atoms with van der Waals surface area (Å²) >= 11 is 0. The number of amides is 4. The van der Waals surface area contributed by atoms with Crippen LogP contribution in [0.25, 0.3) is 0 Å². The van der Waals surface area contributed by atoms with E-state index in [4.69, 9.17) is 0 Å². The number of nitrogens with zero attached hydrogens (tertiary/aromatic N) is 2. The second-order valence-electron chi connectivity index (χ2n) is 12.3. The molecule has 6 unspecified atom stereocenters. The van der Waals surface area contributed by atoms with Crippen molar-refractivity contribution in [2.45, 2.75) is 18.8 Å². The van der Waals surface area contributed by atoms with Gasteiger partial charge in [-0.15, -0.1) is 0 Å². The first-order chi connectivity index (χ1) is 22.8. The van der Waals surface area contributed by atoms with Gasteiger partial charge < -0.3 is 25.5 Å². The van der Waals surface area contributed by atoms with E-state index in [0.29, 0.717) is 5.57 Å². The molecule has 5 N–H and O–H groups in total. The van der Waals surface area contributed by atoms with E-state index in [9.17, 15) is 58.7 Å². The van der Waals surface area contributed by atoms with Gasteiger partial charge in [-0.05, 0) is 60.7 Å². The van der Waals surface area contributed by atoms with Crippen LogP contribution in [0.2, 0.25) is 0 Å². The predicted octanol–water partition coefficient (Wildman–Crippen LogP) is 3.38. The standard InChI is InChI=1S/C34H25FN2O11/c35-22-9-13(1-8-23(22)38)26-16-6-7-19-27(31(43)36(29(19)41)14-2-4-17(33(45)46)24(39)10-14)20(16)12-21-28(26)32(44)37(30(21)42)15-3-5-18(34(47)48)25(40)11-15/h1-6,8-11,19-21,26-28,38-40H,7,12H2,(H,45,46)(H,47,48). The van der Waals surface area contributed by atoms with Crippen molar-refractivity contribution in [1.29, 1.82) is 0 Å². The molecule has 0 bridgehead atoms. The zero-order valence-corrected chi connectivity index (χ0v) is 24.6. The number of halogens is 1. The molecular formula is C34H25FN2O11. The molecule has 2 saturated heterocycles. The van der Waals surface area contributed by atoms with Gasteiger partial charge in [0.15, 0.2) is 11.6 Å². The number of fused-ring (bicyclic) bond motifs is 4. The Hall–Kier alpha value is -6.05. The van der Waals surface area contributed by atoms with Crippen LogP contribution < -0.4 is 9.80 Å². The van der Waals surface area contributed by atoms with Crippen molar-refractivity contribution in [2.75, 3.05) is 9.80 Å². The van der Waals surface area contributed by atoms with E-state index in [1.165, 1.54) is 18.2 Å². The number of phenolic OH excluding ortho intramolecular Hbond substituents is 1. The number of phenols is 3. The zero-order valence-electron chi connectivity index (χ0n) is 24.6. The molecule has 3 fully saturated rings. The minimum Gasteiger partial charge on any atom is -0.507 e. The Bertz CT molecular complexity index is 2040. The summed E-state index contributed by atoms with van der Waals surface area (Å²) in [7, 11) is 0. The highest BCUT2D eigenvalue weighted by Gasteiger charge is 2.62. The summed E-state index contributed by atoms with van der Waals surface area (Å²) in [5.41, 5.74) is -0.241. The number of carbonyl (C=O) groups excluding carboxylic acids is 4. The minimum atomic E-state index is -1.43. The van der Waals surface area contributed by atoms with Crippen LogP contribution in [0.4, 0.5) is 15.8 Å². The van der Waals surface area contributed by atoms with Crippen molar-refractivity contribution in [3.8, 4) is 17.2 Å². The Labute approximate surface area is 269 Å². The van der Waals surface area contributed by atoms with Crippen LogP contribution in [-0.4, -0.2) is 61.1 Å². The fourth-order valence-corrected chi connectivity index (χ4v) is 7.87. The third-order valence-electron chi connectivity index (χ3n) is 9.92. The fourth-order valence-electron chi connectivity index (χ4n) is 7.87. The molecule has 3 aromatic carbocycles. The van der Waals surface area contributed by atoms with Crippen molar-refractivity contribution in [2.24, 2.45) is 29.6 Å². The van der Waals surface area contributed by atoms with Gasteiger partial charge >= 0.3 is 11.9 Å². The van der Waals surface area contributed by atoms with Crippen LogP contribution in [0.1, 0.15) is 45.0 Å². The molecule has 48 heavy (non-hydrogen) atoms. The number of aromatic hydroxyl groups is 3. The van der Waals surface area contributed by atoms with Crippen LogP contribution in [0.15, 0.2) is 66.2 Å². The minimum absolute atomic E-state index is 0.0443. The third kappa shape index (κ3) is 4.36. The molecule has 6 atom stereocenters. The van der Waals surface area contributed by atoms with Gasteiger partial charge in [-0.2, -0.15) is 0 Å². The van der Waals surface area contributed by atoms with E-state index in [-0.39, 0.29) is 29.8 Å². The molecule has 4 aliphatic rings. The smallest absolute Gasteiger partial charge is 0.339 e. The lowest BCUT2D eigenvalue weighted by Gasteiger charge is -2.44. The molecule has 0 spiro atoms. The number of carboxylic acids is 2. The SMILES string of the molecule is O=C(O)c1ccc(N2C(=O)C3CC=C4C(CC5C(=O)N(c6ccc(C(=O)O)c(O)c6)C(=O)C5C4c4ccc(O)c(F)c4)C3C2=O)cc1O. The molecule has 13 nitrogen and oxygen atoms in total. The van der Waals surface area contributed by atoms with E-state index in [2.05, 4.69) is 0 Å². The lowest BCUT2D eigenvalue weighted by atomic mass is 9.57.